The van der Waals surface area contributed by atoms with Gasteiger partial charge in [0.05, 0.1) is 5.69 Å². The lowest BCUT2D eigenvalue weighted by atomic mass is 10.3. The van der Waals surface area contributed by atoms with Gasteiger partial charge >= 0.3 is 6.03 Å². The number of pyridine rings is 1. The third-order valence-electron chi connectivity index (χ3n) is 3.09. The maximum absolute atomic E-state index is 11.8. The largest absolute Gasteiger partial charge is 0.343 e. The number of nitrogens with zero attached hydrogens (tertiary/aromatic N) is 2. The molecule has 1 aliphatic heterocycles. The van der Waals surface area contributed by atoms with E-state index >= 15 is 0 Å². The first-order valence-corrected chi connectivity index (χ1v) is 6.98. The molecule has 2 heterocycles. The van der Waals surface area contributed by atoms with Crippen molar-refractivity contribution in [3.05, 3.63) is 23.5 Å². The second-order valence-corrected chi connectivity index (χ2v) is 4.92. The van der Waals surface area contributed by atoms with E-state index in [9.17, 15) is 9.59 Å². The van der Waals surface area contributed by atoms with Crippen LogP contribution in [0.4, 0.5) is 10.5 Å². The molecule has 0 bridgehead atoms. The Kier molecular flexibility index (Phi) is 5.17. The van der Waals surface area contributed by atoms with Gasteiger partial charge in [0.15, 0.2) is 5.15 Å². The number of likely N-dealkylation sites (tertiary alicyclic amines) is 1. The molecule has 1 aromatic rings. The lowest BCUT2D eigenvalue weighted by Crippen LogP contribution is -2.34. The lowest BCUT2D eigenvalue weighted by Gasteiger charge is -2.15. The second-order valence-electron chi connectivity index (χ2n) is 4.56. The zero-order chi connectivity index (χ0) is 14.4. The summed E-state index contributed by atoms with van der Waals surface area (Å²) in [6, 6.07) is 2.94. The average molecular weight is 297 g/mol. The Morgan fingerprint density at radius 1 is 1.35 bits per heavy atom. The number of aromatic nitrogens is 1. The van der Waals surface area contributed by atoms with Crippen molar-refractivity contribution in [3.63, 3.8) is 0 Å². The van der Waals surface area contributed by atoms with Crippen molar-refractivity contribution in [1.29, 1.82) is 0 Å². The molecular weight excluding hydrogens is 280 g/mol. The van der Waals surface area contributed by atoms with Crippen molar-refractivity contribution in [1.82, 2.24) is 15.2 Å². The molecule has 2 rings (SSSR count). The van der Waals surface area contributed by atoms with Gasteiger partial charge in [-0.1, -0.05) is 11.6 Å². The summed E-state index contributed by atoms with van der Waals surface area (Å²) in [6.07, 6.45) is 3.99. The minimum absolute atomic E-state index is 0.0854. The molecule has 0 spiro atoms. The summed E-state index contributed by atoms with van der Waals surface area (Å²) >= 11 is 5.82. The summed E-state index contributed by atoms with van der Waals surface area (Å²) in [5.74, 6) is 0.0854. The van der Waals surface area contributed by atoms with Gasteiger partial charge in [0.25, 0.3) is 0 Å². The van der Waals surface area contributed by atoms with Crippen molar-refractivity contribution >= 4 is 29.2 Å². The van der Waals surface area contributed by atoms with Crippen LogP contribution in [0.2, 0.25) is 5.15 Å². The minimum Gasteiger partial charge on any atom is -0.343 e. The van der Waals surface area contributed by atoms with Crippen LogP contribution >= 0.6 is 11.6 Å². The van der Waals surface area contributed by atoms with Gasteiger partial charge in [0.2, 0.25) is 5.91 Å². The first-order chi connectivity index (χ1) is 9.66. The van der Waals surface area contributed by atoms with Gasteiger partial charge in [-0.15, -0.1) is 0 Å². The summed E-state index contributed by atoms with van der Waals surface area (Å²) in [5.41, 5.74) is 0.442. The number of carbonyl (C=O) groups excluding carboxylic acids is 2. The van der Waals surface area contributed by atoms with E-state index in [1.807, 2.05) is 4.90 Å². The highest BCUT2D eigenvalue weighted by molar-refractivity contribution is 6.32. The minimum atomic E-state index is -0.394. The Bertz CT molecular complexity index is 489. The fraction of sp³-hybridized carbons (Fsp3) is 0.462. The molecule has 0 atom stereocenters. The average Bonchev–Trinajstić information content (AvgIpc) is 2.95. The topological polar surface area (TPSA) is 74.3 Å². The van der Waals surface area contributed by atoms with Crippen LogP contribution in [0.1, 0.15) is 19.3 Å². The Balaban J connectivity index is 1.70. The molecule has 1 aliphatic rings. The highest BCUT2D eigenvalue weighted by atomic mass is 35.5. The van der Waals surface area contributed by atoms with Crippen LogP contribution in [-0.2, 0) is 4.79 Å². The molecule has 20 heavy (non-hydrogen) atoms. The van der Waals surface area contributed by atoms with Gasteiger partial charge in [-0.25, -0.2) is 9.78 Å². The molecule has 0 saturated carbocycles. The number of nitrogens with one attached hydrogen (secondary N) is 2. The predicted molar refractivity (Wildman–Crippen MR) is 76.7 cm³/mol. The number of urea groups is 1. The van der Waals surface area contributed by atoms with Crippen molar-refractivity contribution in [2.45, 2.75) is 19.3 Å². The molecule has 1 fully saturated rings. The predicted octanol–water partition coefficient (Wildman–Crippen LogP) is 1.87. The molecule has 0 radical (unpaired) electrons. The summed E-state index contributed by atoms with van der Waals surface area (Å²) < 4.78 is 0. The Morgan fingerprint density at radius 3 is 2.80 bits per heavy atom. The fourth-order valence-corrected chi connectivity index (χ4v) is 2.22. The van der Waals surface area contributed by atoms with Crippen LogP contribution in [0.15, 0.2) is 18.3 Å². The van der Waals surface area contributed by atoms with Gasteiger partial charge in [0.1, 0.15) is 0 Å². The van der Waals surface area contributed by atoms with Gasteiger partial charge < -0.3 is 15.5 Å². The number of anilines is 1. The van der Waals surface area contributed by atoms with Crippen LogP contribution < -0.4 is 10.6 Å². The molecule has 1 aromatic heterocycles. The quantitative estimate of drug-likeness (QED) is 0.833. The Hall–Kier alpha value is -1.82. The Labute approximate surface area is 122 Å². The maximum atomic E-state index is 11.8. The van der Waals surface area contributed by atoms with Crippen LogP contribution in [-0.4, -0.2) is 41.5 Å². The molecule has 108 valence electrons. The van der Waals surface area contributed by atoms with E-state index in [1.54, 1.807) is 18.3 Å². The van der Waals surface area contributed by atoms with Crippen LogP contribution in [0, 0.1) is 0 Å². The number of amides is 3. The van der Waals surface area contributed by atoms with Crippen molar-refractivity contribution in [2.75, 3.05) is 25.0 Å². The van der Waals surface area contributed by atoms with Crippen LogP contribution in [0.3, 0.4) is 0 Å². The molecule has 2 N–H and O–H groups in total. The first kappa shape index (κ1) is 14.6. The monoisotopic (exact) mass is 296 g/mol. The number of carbonyl (C=O) groups is 2. The number of hydrogen-bond donors (Lipinski definition) is 2. The van der Waals surface area contributed by atoms with Crippen LogP contribution in [0.25, 0.3) is 0 Å². The SMILES string of the molecule is O=C(NCCC(=O)N1CCCC1)Nc1cccnc1Cl. The summed E-state index contributed by atoms with van der Waals surface area (Å²) in [4.78, 5) is 29.1. The molecule has 0 unspecified atom stereocenters. The lowest BCUT2D eigenvalue weighted by molar-refractivity contribution is -0.129. The normalized spacial score (nSPS) is 14.2. The van der Waals surface area contributed by atoms with E-state index in [2.05, 4.69) is 15.6 Å². The van der Waals surface area contributed by atoms with E-state index in [4.69, 9.17) is 11.6 Å². The van der Waals surface area contributed by atoms with E-state index < -0.39 is 6.03 Å². The second kappa shape index (κ2) is 7.09. The number of rotatable bonds is 4. The van der Waals surface area contributed by atoms with Crippen molar-refractivity contribution in [3.8, 4) is 0 Å². The van der Waals surface area contributed by atoms with Gasteiger partial charge in [0, 0.05) is 32.3 Å². The van der Waals surface area contributed by atoms with Gasteiger partial charge in [-0.3, -0.25) is 4.79 Å². The van der Waals surface area contributed by atoms with Gasteiger partial charge in [-0.05, 0) is 25.0 Å². The molecule has 1 saturated heterocycles. The molecule has 6 nitrogen and oxygen atoms in total. The third-order valence-corrected chi connectivity index (χ3v) is 3.39. The molecule has 7 heteroatoms. The molecule has 0 aliphatic carbocycles. The Morgan fingerprint density at radius 2 is 2.10 bits per heavy atom. The highest BCUT2D eigenvalue weighted by Crippen LogP contribution is 2.16. The molecular formula is C13H17ClN4O2. The maximum Gasteiger partial charge on any atom is 0.319 e. The smallest absolute Gasteiger partial charge is 0.319 e. The number of halogens is 1. The van der Waals surface area contributed by atoms with Crippen molar-refractivity contribution < 1.29 is 9.59 Å². The summed E-state index contributed by atoms with van der Waals surface area (Å²) in [6.45, 7) is 1.96. The fourth-order valence-electron chi connectivity index (χ4n) is 2.05. The zero-order valence-corrected chi connectivity index (χ0v) is 11.8. The van der Waals surface area contributed by atoms with Gasteiger partial charge in [-0.2, -0.15) is 0 Å². The zero-order valence-electron chi connectivity index (χ0n) is 11.1. The number of hydrogen-bond acceptors (Lipinski definition) is 3. The highest BCUT2D eigenvalue weighted by Gasteiger charge is 2.17. The molecule has 3 amide bonds. The van der Waals surface area contributed by atoms with E-state index in [0.29, 0.717) is 18.7 Å². The van der Waals surface area contributed by atoms with E-state index in [-0.39, 0.29) is 11.1 Å². The summed E-state index contributed by atoms with van der Waals surface area (Å²) in [7, 11) is 0. The van der Waals surface area contributed by atoms with E-state index in [0.717, 1.165) is 25.9 Å². The third kappa shape index (κ3) is 4.09. The van der Waals surface area contributed by atoms with Crippen LogP contribution in [0.5, 0.6) is 0 Å². The standard InChI is InChI=1S/C13H17ClN4O2/c14-12-10(4-3-6-15-12)17-13(20)16-7-5-11(19)18-8-1-2-9-18/h3-4,6H,1-2,5,7-9H2,(H2,16,17,20). The first-order valence-electron chi connectivity index (χ1n) is 6.60. The molecule has 0 aromatic carbocycles. The van der Waals surface area contributed by atoms with Crippen molar-refractivity contribution in [2.24, 2.45) is 0 Å². The summed E-state index contributed by atoms with van der Waals surface area (Å²) in [5, 5.41) is 5.45. The van der Waals surface area contributed by atoms with E-state index in [1.165, 1.54) is 0 Å².